The third-order valence-corrected chi connectivity index (χ3v) is 3.38. The number of nitrogens with one attached hydrogen (secondary N) is 1. The first-order valence-electron chi connectivity index (χ1n) is 8.17. The third-order valence-electron chi connectivity index (χ3n) is 3.38. The minimum atomic E-state index is 0.116. The van der Waals surface area contributed by atoms with Crippen LogP contribution in [0.5, 0.6) is 5.75 Å². The van der Waals surface area contributed by atoms with E-state index in [9.17, 15) is 0 Å². The summed E-state index contributed by atoms with van der Waals surface area (Å²) in [4.78, 5) is 11.0. The average molecular weight is 314 g/mol. The summed E-state index contributed by atoms with van der Waals surface area (Å²) in [6, 6.07) is 9.76. The highest BCUT2D eigenvalue weighted by atomic mass is 16.5. The van der Waals surface area contributed by atoms with Crippen molar-refractivity contribution >= 4 is 17.5 Å². The third kappa shape index (κ3) is 5.13. The second kappa shape index (κ2) is 8.36. The number of aromatic nitrogens is 2. The minimum absolute atomic E-state index is 0.116. The van der Waals surface area contributed by atoms with E-state index in [0.717, 1.165) is 30.2 Å². The Kier molecular flexibility index (Phi) is 6.20. The van der Waals surface area contributed by atoms with Crippen LogP contribution in [0.4, 0.5) is 17.5 Å². The standard InChI is InChI=1S/C18H26N4O/c1-5-6-13-22(4)17-11-12-19-18(21-17)20-15-9-7-8-10-16(15)23-14(2)3/h7-12,14H,5-6,13H2,1-4H3,(H,19,20,21). The second-order valence-electron chi connectivity index (χ2n) is 5.80. The molecule has 1 N–H and O–H groups in total. The fourth-order valence-electron chi connectivity index (χ4n) is 2.18. The number of anilines is 3. The summed E-state index contributed by atoms with van der Waals surface area (Å²) in [5.74, 6) is 2.29. The number of hydrogen-bond donors (Lipinski definition) is 1. The van der Waals surface area contributed by atoms with Gasteiger partial charge in [-0.15, -0.1) is 0 Å². The van der Waals surface area contributed by atoms with Crippen LogP contribution in [-0.4, -0.2) is 29.7 Å². The molecule has 0 atom stereocenters. The van der Waals surface area contributed by atoms with Gasteiger partial charge in [-0.05, 0) is 38.5 Å². The Balaban J connectivity index is 2.14. The van der Waals surface area contributed by atoms with E-state index < -0.39 is 0 Å². The number of benzene rings is 1. The Morgan fingerprint density at radius 1 is 1.22 bits per heavy atom. The van der Waals surface area contributed by atoms with Crippen molar-refractivity contribution in [1.29, 1.82) is 0 Å². The zero-order valence-electron chi connectivity index (χ0n) is 14.4. The minimum Gasteiger partial charge on any atom is -0.489 e. The van der Waals surface area contributed by atoms with Crippen LogP contribution < -0.4 is 15.0 Å². The maximum absolute atomic E-state index is 5.82. The predicted octanol–water partition coefficient (Wildman–Crippen LogP) is 4.24. The van der Waals surface area contributed by atoms with Gasteiger partial charge in [0.1, 0.15) is 11.6 Å². The van der Waals surface area contributed by atoms with E-state index in [1.54, 1.807) is 6.20 Å². The van der Waals surface area contributed by atoms with Crippen LogP contribution in [0, 0.1) is 0 Å². The van der Waals surface area contributed by atoms with Crippen molar-refractivity contribution in [3.63, 3.8) is 0 Å². The number of rotatable bonds is 8. The van der Waals surface area contributed by atoms with Crippen LogP contribution >= 0.6 is 0 Å². The van der Waals surface area contributed by atoms with Gasteiger partial charge in [-0.1, -0.05) is 25.5 Å². The lowest BCUT2D eigenvalue weighted by Crippen LogP contribution is -2.20. The van der Waals surface area contributed by atoms with Gasteiger partial charge < -0.3 is 15.0 Å². The highest BCUT2D eigenvalue weighted by molar-refractivity contribution is 5.63. The molecule has 0 spiro atoms. The van der Waals surface area contributed by atoms with Gasteiger partial charge in [-0.2, -0.15) is 4.98 Å². The van der Waals surface area contributed by atoms with Crippen LogP contribution in [0.3, 0.4) is 0 Å². The lowest BCUT2D eigenvalue weighted by atomic mass is 10.3. The topological polar surface area (TPSA) is 50.3 Å². The normalized spacial score (nSPS) is 10.7. The summed E-state index contributed by atoms with van der Waals surface area (Å²) in [6.07, 6.45) is 4.21. The molecule has 0 aliphatic carbocycles. The van der Waals surface area contributed by atoms with Crippen molar-refractivity contribution in [3.8, 4) is 5.75 Å². The molecule has 0 saturated carbocycles. The van der Waals surface area contributed by atoms with Crippen molar-refractivity contribution in [1.82, 2.24) is 9.97 Å². The number of para-hydroxylation sites is 2. The van der Waals surface area contributed by atoms with E-state index in [0.29, 0.717) is 5.95 Å². The van der Waals surface area contributed by atoms with E-state index >= 15 is 0 Å². The van der Waals surface area contributed by atoms with Crippen molar-refractivity contribution in [3.05, 3.63) is 36.5 Å². The summed E-state index contributed by atoms with van der Waals surface area (Å²) in [6.45, 7) is 7.19. The smallest absolute Gasteiger partial charge is 0.229 e. The molecule has 0 fully saturated rings. The number of ether oxygens (including phenoxy) is 1. The van der Waals surface area contributed by atoms with Crippen LogP contribution in [0.2, 0.25) is 0 Å². The van der Waals surface area contributed by atoms with Crippen molar-refractivity contribution < 1.29 is 4.74 Å². The van der Waals surface area contributed by atoms with Crippen LogP contribution in [0.15, 0.2) is 36.5 Å². The number of unbranched alkanes of at least 4 members (excludes halogenated alkanes) is 1. The highest BCUT2D eigenvalue weighted by Crippen LogP contribution is 2.27. The Bertz CT molecular complexity index is 615. The molecule has 2 aromatic rings. The molecule has 5 nitrogen and oxygen atoms in total. The summed E-state index contributed by atoms with van der Waals surface area (Å²) >= 11 is 0. The highest BCUT2D eigenvalue weighted by Gasteiger charge is 2.08. The molecule has 1 heterocycles. The van der Waals surface area contributed by atoms with Gasteiger partial charge in [0.2, 0.25) is 5.95 Å². The summed E-state index contributed by atoms with van der Waals surface area (Å²) in [7, 11) is 2.05. The van der Waals surface area contributed by atoms with E-state index in [-0.39, 0.29) is 6.10 Å². The molecule has 1 aromatic heterocycles. The molecule has 0 amide bonds. The molecule has 5 heteroatoms. The Morgan fingerprint density at radius 2 is 2.00 bits per heavy atom. The van der Waals surface area contributed by atoms with Crippen molar-refractivity contribution in [2.45, 2.75) is 39.7 Å². The van der Waals surface area contributed by atoms with Gasteiger partial charge in [-0.25, -0.2) is 4.98 Å². The first kappa shape index (κ1) is 17.1. The molecule has 1 aromatic carbocycles. The number of nitrogens with zero attached hydrogens (tertiary/aromatic N) is 3. The van der Waals surface area contributed by atoms with Crippen LogP contribution in [0.1, 0.15) is 33.6 Å². The molecule has 0 aliphatic heterocycles. The van der Waals surface area contributed by atoms with Gasteiger partial charge in [0, 0.05) is 19.8 Å². The summed E-state index contributed by atoms with van der Waals surface area (Å²) in [5, 5.41) is 3.26. The van der Waals surface area contributed by atoms with E-state index in [4.69, 9.17) is 4.74 Å². The van der Waals surface area contributed by atoms with E-state index in [1.807, 2.05) is 44.2 Å². The van der Waals surface area contributed by atoms with Crippen LogP contribution in [0.25, 0.3) is 0 Å². The largest absolute Gasteiger partial charge is 0.489 e. The molecule has 2 rings (SSSR count). The first-order valence-corrected chi connectivity index (χ1v) is 8.17. The maximum atomic E-state index is 5.82. The Labute approximate surface area is 138 Å². The van der Waals surface area contributed by atoms with Crippen molar-refractivity contribution in [2.75, 3.05) is 23.8 Å². The molecule has 0 bridgehead atoms. The fraction of sp³-hybridized carbons (Fsp3) is 0.444. The summed E-state index contributed by atoms with van der Waals surface area (Å²) in [5.41, 5.74) is 0.870. The molecule has 124 valence electrons. The molecule has 0 aliphatic rings. The quantitative estimate of drug-likeness (QED) is 0.789. The Hall–Kier alpha value is -2.30. The molecule has 0 saturated heterocycles. The lowest BCUT2D eigenvalue weighted by Gasteiger charge is -2.19. The molecule has 23 heavy (non-hydrogen) atoms. The van der Waals surface area contributed by atoms with Gasteiger partial charge in [0.15, 0.2) is 0 Å². The SMILES string of the molecule is CCCCN(C)c1ccnc(Nc2ccccc2OC(C)C)n1. The fourth-order valence-corrected chi connectivity index (χ4v) is 2.18. The van der Waals surface area contributed by atoms with E-state index in [1.165, 1.54) is 6.42 Å². The lowest BCUT2D eigenvalue weighted by molar-refractivity contribution is 0.244. The maximum Gasteiger partial charge on any atom is 0.229 e. The van der Waals surface area contributed by atoms with E-state index in [2.05, 4.69) is 34.2 Å². The average Bonchev–Trinajstić information content (AvgIpc) is 2.54. The second-order valence-corrected chi connectivity index (χ2v) is 5.80. The monoisotopic (exact) mass is 314 g/mol. The van der Waals surface area contributed by atoms with Gasteiger partial charge in [0.05, 0.1) is 11.8 Å². The zero-order chi connectivity index (χ0) is 16.7. The van der Waals surface area contributed by atoms with Crippen molar-refractivity contribution in [2.24, 2.45) is 0 Å². The zero-order valence-corrected chi connectivity index (χ0v) is 14.4. The Morgan fingerprint density at radius 3 is 2.74 bits per heavy atom. The summed E-state index contributed by atoms with van der Waals surface area (Å²) < 4.78 is 5.82. The molecule has 0 radical (unpaired) electrons. The van der Waals surface area contributed by atoms with Gasteiger partial charge >= 0.3 is 0 Å². The molecule has 0 unspecified atom stereocenters. The number of hydrogen-bond acceptors (Lipinski definition) is 5. The predicted molar refractivity (Wildman–Crippen MR) is 95.7 cm³/mol. The van der Waals surface area contributed by atoms with Crippen LogP contribution in [-0.2, 0) is 0 Å². The molecular weight excluding hydrogens is 288 g/mol. The first-order chi connectivity index (χ1) is 11.1. The van der Waals surface area contributed by atoms with Gasteiger partial charge in [0.25, 0.3) is 0 Å². The van der Waals surface area contributed by atoms with Gasteiger partial charge in [-0.3, -0.25) is 0 Å². The molecular formula is C18H26N4O.